The first-order valence-electron chi connectivity index (χ1n) is 11.3. The minimum Gasteiger partial charge on any atom is -0.390 e. The molecular weight excluding hydrogens is 436 g/mol. The Bertz CT molecular complexity index is 1190. The van der Waals surface area contributed by atoms with Gasteiger partial charge in [0.2, 0.25) is 0 Å². The zero-order chi connectivity index (χ0) is 23.6. The molecule has 1 heterocycles. The molecule has 176 valence electrons. The Morgan fingerprint density at radius 3 is 2.55 bits per heavy atom. The molecule has 2 aromatic carbocycles. The molecule has 1 saturated carbocycles. The van der Waals surface area contributed by atoms with Gasteiger partial charge in [-0.25, -0.2) is 9.07 Å². The van der Waals surface area contributed by atoms with Crippen molar-refractivity contribution in [3.05, 3.63) is 59.5 Å². The van der Waals surface area contributed by atoms with Gasteiger partial charge in [0.25, 0.3) is 0 Å². The number of fused-ring (bicyclic) bond motifs is 4. The highest BCUT2D eigenvalue weighted by atomic mass is 19.4. The van der Waals surface area contributed by atoms with Gasteiger partial charge < -0.3 is 10.2 Å². The summed E-state index contributed by atoms with van der Waals surface area (Å²) in [6.45, 7) is 1.94. The third kappa shape index (κ3) is 3.29. The largest absolute Gasteiger partial charge is 0.419 e. The van der Waals surface area contributed by atoms with E-state index in [1.54, 1.807) is 23.0 Å². The van der Waals surface area contributed by atoms with Crippen molar-refractivity contribution in [3.63, 3.8) is 0 Å². The maximum absolute atomic E-state index is 13.7. The molecule has 8 heteroatoms. The monoisotopic (exact) mass is 462 g/mol. The van der Waals surface area contributed by atoms with Gasteiger partial charge in [-0.05, 0) is 92.0 Å². The van der Waals surface area contributed by atoms with Crippen LogP contribution in [-0.4, -0.2) is 37.9 Å². The second kappa shape index (κ2) is 7.53. The van der Waals surface area contributed by atoms with E-state index in [9.17, 15) is 27.8 Å². The van der Waals surface area contributed by atoms with Gasteiger partial charge in [-0.1, -0.05) is 6.92 Å². The molecule has 0 spiro atoms. The van der Waals surface area contributed by atoms with E-state index in [1.807, 2.05) is 19.1 Å². The minimum absolute atomic E-state index is 0.144. The minimum atomic E-state index is -4.89. The van der Waals surface area contributed by atoms with E-state index in [1.165, 1.54) is 12.1 Å². The van der Waals surface area contributed by atoms with Crippen LogP contribution < -0.4 is 0 Å². The molecule has 3 aromatic rings. The lowest BCUT2D eigenvalue weighted by atomic mass is 9.55. The zero-order valence-corrected chi connectivity index (χ0v) is 18.2. The van der Waals surface area contributed by atoms with Crippen LogP contribution in [-0.2, 0) is 11.8 Å². The van der Waals surface area contributed by atoms with Crippen LogP contribution >= 0.6 is 0 Å². The van der Waals surface area contributed by atoms with Gasteiger partial charge in [-0.15, -0.1) is 0 Å². The summed E-state index contributed by atoms with van der Waals surface area (Å²) in [5, 5.41) is 26.4. The van der Waals surface area contributed by atoms with Gasteiger partial charge in [0.05, 0.1) is 23.5 Å². The van der Waals surface area contributed by atoms with Crippen molar-refractivity contribution in [2.24, 2.45) is 5.92 Å². The molecule has 0 aliphatic heterocycles. The fourth-order valence-corrected chi connectivity index (χ4v) is 6.14. The number of aliphatic hydroxyl groups is 2. The average molecular weight is 462 g/mol. The number of aromatic nitrogens is 2. The summed E-state index contributed by atoms with van der Waals surface area (Å²) in [5.74, 6) is -0.738. The molecule has 2 aliphatic carbocycles. The fraction of sp³-hybridized carbons (Fsp3) is 0.480. The van der Waals surface area contributed by atoms with E-state index in [0.29, 0.717) is 31.4 Å². The fourth-order valence-electron chi connectivity index (χ4n) is 6.14. The highest BCUT2D eigenvalue weighted by Gasteiger charge is 2.65. The Morgan fingerprint density at radius 2 is 1.88 bits per heavy atom. The first-order chi connectivity index (χ1) is 15.6. The van der Waals surface area contributed by atoms with E-state index in [2.05, 4.69) is 5.10 Å². The van der Waals surface area contributed by atoms with E-state index in [0.717, 1.165) is 22.0 Å². The standard InChI is InChI=1S/C25H26F4N2O2/c1-2-23-13-22(32)24(33,25(27,28)29)12-17(23)5-3-4-15-11-21-16(10-20(15)23)14-30-31(21)19-8-6-18(26)7-9-19/h6-11,14,17,22,32-33H,2-5,12-13H2,1H3/t17-,22-,23-,24+/m1/s1. The van der Waals surface area contributed by atoms with Gasteiger partial charge in [0.15, 0.2) is 5.60 Å². The Morgan fingerprint density at radius 1 is 1.15 bits per heavy atom. The van der Waals surface area contributed by atoms with Crippen LogP contribution in [0.15, 0.2) is 42.6 Å². The topological polar surface area (TPSA) is 58.3 Å². The predicted octanol–water partition coefficient (Wildman–Crippen LogP) is 5.21. The molecule has 4 atom stereocenters. The van der Waals surface area contributed by atoms with Crippen LogP contribution in [0.5, 0.6) is 0 Å². The number of halogens is 4. The molecule has 2 N–H and O–H groups in total. The summed E-state index contributed by atoms with van der Waals surface area (Å²) < 4.78 is 56.2. The number of aryl methyl sites for hydroxylation is 1. The summed E-state index contributed by atoms with van der Waals surface area (Å²) in [6, 6.07) is 10.0. The first kappa shape index (κ1) is 22.3. The number of hydrogen-bond donors (Lipinski definition) is 2. The van der Waals surface area contributed by atoms with Crippen molar-refractivity contribution < 1.29 is 27.8 Å². The molecule has 33 heavy (non-hydrogen) atoms. The van der Waals surface area contributed by atoms with E-state index >= 15 is 0 Å². The molecule has 0 radical (unpaired) electrons. The molecule has 0 amide bonds. The molecule has 4 nitrogen and oxygen atoms in total. The lowest BCUT2D eigenvalue weighted by molar-refractivity contribution is -0.310. The quantitative estimate of drug-likeness (QED) is 0.514. The van der Waals surface area contributed by atoms with Gasteiger partial charge >= 0.3 is 6.18 Å². The van der Waals surface area contributed by atoms with Gasteiger partial charge in [-0.2, -0.15) is 18.3 Å². The van der Waals surface area contributed by atoms with Gasteiger partial charge in [0, 0.05) is 10.8 Å². The number of aliphatic hydroxyl groups excluding tert-OH is 1. The Balaban J connectivity index is 1.64. The van der Waals surface area contributed by atoms with Crippen molar-refractivity contribution in [3.8, 4) is 5.69 Å². The lowest BCUT2D eigenvalue weighted by Crippen LogP contribution is -2.62. The summed E-state index contributed by atoms with van der Waals surface area (Å²) in [6.07, 6.45) is -3.22. The average Bonchev–Trinajstić information content (AvgIpc) is 3.11. The number of benzene rings is 2. The molecule has 0 bridgehead atoms. The summed E-state index contributed by atoms with van der Waals surface area (Å²) >= 11 is 0. The van der Waals surface area contributed by atoms with E-state index in [-0.39, 0.29) is 12.2 Å². The first-order valence-corrected chi connectivity index (χ1v) is 11.3. The van der Waals surface area contributed by atoms with Crippen molar-refractivity contribution in [2.75, 3.05) is 0 Å². The van der Waals surface area contributed by atoms with Crippen LogP contribution in [0.1, 0.15) is 50.2 Å². The van der Waals surface area contributed by atoms with Crippen LogP contribution in [0.25, 0.3) is 16.6 Å². The molecule has 5 rings (SSSR count). The van der Waals surface area contributed by atoms with Crippen LogP contribution in [0.2, 0.25) is 0 Å². The number of rotatable bonds is 2. The Hall–Kier alpha value is -2.45. The van der Waals surface area contributed by atoms with Gasteiger partial charge in [0.1, 0.15) is 5.82 Å². The van der Waals surface area contributed by atoms with Crippen molar-refractivity contribution in [1.82, 2.24) is 9.78 Å². The highest BCUT2D eigenvalue weighted by molar-refractivity contribution is 5.82. The van der Waals surface area contributed by atoms with E-state index in [4.69, 9.17) is 0 Å². The summed E-state index contributed by atoms with van der Waals surface area (Å²) in [5.41, 5.74) is -0.213. The summed E-state index contributed by atoms with van der Waals surface area (Å²) in [7, 11) is 0. The summed E-state index contributed by atoms with van der Waals surface area (Å²) in [4.78, 5) is 0. The Kier molecular flexibility index (Phi) is 5.10. The molecule has 1 fully saturated rings. The van der Waals surface area contributed by atoms with Crippen molar-refractivity contribution in [2.45, 2.75) is 68.7 Å². The normalized spacial score (nSPS) is 30.0. The van der Waals surface area contributed by atoms with Crippen molar-refractivity contribution in [1.29, 1.82) is 0 Å². The second-order valence-electron chi connectivity index (χ2n) is 9.55. The van der Waals surface area contributed by atoms with Crippen LogP contribution in [0, 0.1) is 11.7 Å². The smallest absolute Gasteiger partial charge is 0.390 e. The predicted molar refractivity (Wildman–Crippen MR) is 116 cm³/mol. The van der Waals surface area contributed by atoms with Crippen LogP contribution in [0.4, 0.5) is 17.6 Å². The molecule has 0 unspecified atom stereocenters. The maximum Gasteiger partial charge on any atom is 0.419 e. The Labute approximate surface area is 188 Å². The number of nitrogens with zero attached hydrogens (tertiary/aromatic N) is 2. The molecule has 1 aromatic heterocycles. The van der Waals surface area contributed by atoms with Gasteiger partial charge in [-0.3, -0.25) is 0 Å². The second-order valence-corrected chi connectivity index (χ2v) is 9.55. The molecule has 2 aliphatic rings. The number of hydrogen-bond acceptors (Lipinski definition) is 3. The third-order valence-corrected chi connectivity index (χ3v) is 7.97. The zero-order valence-electron chi connectivity index (χ0n) is 18.2. The molecule has 0 saturated heterocycles. The number of alkyl halides is 3. The molecular formula is C25H26F4N2O2. The van der Waals surface area contributed by atoms with Crippen LogP contribution in [0.3, 0.4) is 0 Å². The van der Waals surface area contributed by atoms with E-state index < -0.39 is 35.6 Å². The lowest BCUT2D eigenvalue weighted by Gasteiger charge is -2.52. The highest BCUT2D eigenvalue weighted by Crippen LogP contribution is 2.57. The maximum atomic E-state index is 13.7. The third-order valence-electron chi connectivity index (χ3n) is 7.97. The SMILES string of the molecule is CC[C@@]12C[C@@H](O)[C@](O)(C(F)(F)F)C[C@H]1CCCc1cc3c(cnn3-c3ccc(F)cc3)cc12. The van der Waals surface area contributed by atoms with Crippen molar-refractivity contribution >= 4 is 10.9 Å².